The van der Waals surface area contributed by atoms with Gasteiger partial charge in [-0.25, -0.2) is 8.78 Å². The molecule has 2 rings (SSSR count). The Kier molecular flexibility index (Phi) is 4.11. The molecule has 19 heavy (non-hydrogen) atoms. The van der Waals surface area contributed by atoms with Crippen molar-refractivity contribution in [3.05, 3.63) is 35.6 Å². The predicted molar refractivity (Wildman–Crippen MR) is 65.4 cm³/mol. The summed E-state index contributed by atoms with van der Waals surface area (Å²) in [6.45, 7) is 0.326. The average Bonchev–Trinajstić information content (AvgIpc) is 2.84. The predicted octanol–water partition coefficient (Wildman–Crippen LogP) is 0.757. The van der Waals surface area contributed by atoms with Crippen LogP contribution in [0.15, 0.2) is 24.3 Å². The Morgan fingerprint density at radius 3 is 2.58 bits per heavy atom. The lowest BCUT2D eigenvalue weighted by molar-refractivity contribution is -0.134. The number of carbonyl (C=O) groups excluding carboxylic acids is 1. The number of benzene rings is 1. The van der Waals surface area contributed by atoms with E-state index in [1.165, 1.54) is 29.2 Å². The summed E-state index contributed by atoms with van der Waals surface area (Å²) in [7, 11) is 0. The first kappa shape index (κ1) is 13.9. The lowest BCUT2D eigenvalue weighted by Crippen LogP contribution is -2.46. The minimum atomic E-state index is -1.23. The number of nitrogens with zero attached hydrogens (tertiary/aromatic N) is 1. The van der Waals surface area contributed by atoms with Gasteiger partial charge in [0.2, 0.25) is 5.91 Å². The first-order valence-corrected chi connectivity index (χ1v) is 6.11. The Balaban J connectivity index is 2.04. The number of halogens is 2. The molecule has 1 aromatic rings. The first-order valence-electron chi connectivity index (χ1n) is 6.11. The van der Waals surface area contributed by atoms with Gasteiger partial charge in [0.1, 0.15) is 24.1 Å². The number of rotatable bonds is 3. The van der Waals surface area contributed by atoms with Gasteiger partial charge in [0.25, 0.3) is 0 Å². The van der Waals surface area contributed by atoms with Crippen molar-refractivity contribution in [1.82, 2.24) is 4.90 Å². The third-order valence-electron chi connectivity index (χ3n) is 3.28. The van der Waals surface area contributed by atoms with E-state index < -0.39 is 30.0 Å². The molecule has 1 aliphatic rings. The molecule has 1 saturated heterocycles. The van der Waals surface area contributed by atoms with Gasteiger partial charge >= 0.3 is 0 Å². The highest BCUT2D eigenvalue weighted by molar-refractivity contribution is 5.82. The van der Waals surface area contributed by atoms with Crippen molar-refractivity contribution in [2.45, 2.75) is 24.7 Å². The number of carbonyl (C=O) groups is 1. The molecule has 1 aromatic carbocycles. The molecule has 0 saturated carbocycles. The van der Waals surface area contributed by atoms with E-state index in [2.05, 4.69) is 0 Å². The number of alkyl halides is 1. The van der Waals surface area contributed by atoms with Crippen molar-refractivity contribution in [3.63, 3.8) is 0 Å². The zero-order valence-electron chi connectivity index (χ0n) is 10.3. The summed E-state index contributed by atoms with van der Waals surface area (Å²) < 4.78 is 25.8. The first-order chi connectivity index (χ1) is 8.99. The van der Waals surface area contributed by atoms with Crippen LogP contribution in [0.4, 0.5) is 8.78 Å². The maximum Gasteiger partial charge on any atom is 0.242 e. The molecular formula is C13H16F2N2O2. The largest absolute Gasteiger partial charge is 0.386 e. The fourth-order valence-electron chi connectivity index (χ4n) is 2.13. The molecule has 1 aliphatic heterocycles. The summed E-state index contributed by atoms with van der Waals surface area (Å²) in [6, 6.07) is 3.94. The molecule has 0 bridgehead atoms. The molecule has 3 N–H and O–H groups in total. The second kappa shape index (κ2) is 5.63. The van der Waals surface area contributed by atoms with E-state index in [1.54, 1.807) is 0 Å². The van der Waals surface area contributed by atoms with Gasteiger partial charge in [-0.05, 0) is 24.1 Å². The summed E-state index contributed by atoms with van der Waals surface area (Å²) in [5, 5.41) is 9.99. The number of amides is 1. The SMILES string of the molecule is N[C@@H](C(=O)N1CCC(F)C1)[C@@H](O)c1ccc(F)cc1. The summed E-state index contributed by atoms with van der Waals surface area (Å²) >= 11 is 0. The zero-order valence-corrected chi connectivity index (χ0v) is 10.3. The molecule has 4 nitrogen and oxygen atoms in total. The molecule has 1 fully saturated rings. The third kappa shape index (κ3) is 3.08. The van der Waals surface area contributed by atoms with E-state index in [0.717, 1.165) is 0 Å². The molecular weight excluding hydrogens is 254 g/mol. The van der Waals surface area contributed by atoms with Gasteiger partial charge in [-0.2, -0.15) is 0 Å². The molecule has 6 heteroatoms. The minimum Gasteiger partial charge on any atom is -0.386 e. The maximum atomic E-state index is 13.0. The van der Waals surface area contributed by atoms with Gasteiger partial charge in [0.15, 0.2) is 0 Å². The number of nitrogens with two attached hydrogens (primary N) is 1. The molecule has 1 heterocycles. The van der Waals surface area contributed by atoms with Crippen LogP contribution in [-0.4, -0.2) is 41.2 Å². The molecule has 0 radical (unpaired) electrons. The number of aliphatic hydroxyl groups excluding tert-OH is 1. The van der Waals surface area contributed by atoms with Crippen LogP contribution in [0.1, 0.15) is 18.1 Å². The van der Waals surface area contributed by atoms with E-state index in [1.807, 2.05) is 0 Å². The van der Waals surface area contributed by atoms with Crippen LogP contribution in [0, 0.1) is 5.82 Å². The van der Waals surface area contributed by atoms with Crippen molar-refractivity contribution in [2.75, 3.05) is 13.1 Å². The highest BCUT2D eigenvalue weighted by Gasteiger charge is 2.32. The van der Waals surface area contributed by atoms with Crippen molar-refractivity contribution in [1.29, 1.82) is 0 Å². The van der Waals surface area contributed by atoms with E-state index >= 15 is 0 Å². The van der Waals surface area contributed by atoms with Crippen molar-refractivity contribution in [2.24, 2.45) is 5.73 Å². The summed E-state index contributed by atoms with van der Waals surface area (Å²) in [6.07, 6.45) is -1.96. The minimum absolute atomic E-state index is 0.0165. The van der Waals surface area contributed by atoms with Gasteiger partial charge in [-0.15, -0.1) is 0 Å². The molecule has 0 aromatic heterocycles. The van der Waals surface area contributed by atoms with Crippen molar-refractivity contribution >= 4 is 5.91 Å². The van der Waals surface area contributed by atoms with Crippen LogP contribution < -0.4 is 5.73 Å². The number of likely N-dealkylation sites (tertiary alicyclic amines) is 1. The van der Waals surface area contributed by atoms with E-state index in [-0.39, 0.29) is 6.54 Å². The normalized spacial score (nSPS) is 22.3. The van der Waals surface area contributed by atoms with Crippen LogP contribution >= 0.6 is 0 Å². The smallest absolute Gasteiger partial charge is 0.242 e. The van der Waals surface area contributed by atoms with E-state index in [4.69, 9.17) is 5.73 Å². The van der Waals surface area contributed by atoms with Gasteiger partial charge < -0.3 is 15.7 Å². The second-order valence-electron chi connectivity index (χ2n) is 4.69. The second-order valence-corrected chi connectivity index (χ2v) is 4.69. The van der Waals surface area contributed by atoms with Crippen LogP contribution in [0.25, 0.3) is 0 Å². The third-order valence-corrected chi connectivity index (χ3v) is 3.28. The van der Waals surface area contributed by atoms with E-state index in [9.17, 15) is 18.7 Å². The monoisotopic (exact) mass is 270 g/mol. The molecule has 1 unspecified atom stereocenters. The zero-order chi connectivity index (χ0) is 14.0. The van der Waals surface area contributed by atoms with Crippen LogP contribution in [0.3, 0.4) is 0 Å². The number of hydrogen-bond donors (Lipinski definition) is 2. The Morgan fingerprint density at radius 2 is 2.05 bits per heavy atom. The van der Waals surface area contributed by atoms with Crippen LogP contribution in [-0.2, 0) is 4.79 Å². The fraction of sp³-hybridized carbons (Fsp3) is 0.462. The Bertz CT molecular complexity index is 452. The number of hydrogen-bond acceptors (Lipinski definition) is 3. The fourth-order valence-corrected chi connectivity index (χ4v) is 2.13. The van der Waals surface area contributed by atoms with Crippen molar-refractivity contribution < 1.29 is 18.7 Å². The molecule has 0 aliphatic carbocycles. The van der Waals surface area contributed by atoms with E-state index in [0.29, 0.717) is 18.5 Å². The van der Waals surface area contributed by atoms with Gasteiger partial charge in [0, 0.05) is 6.54 Å². The Hall–Kier alpha value is -1.53. The summed E-state index contributed by atoms with van der Waals surface area (Å²) in [5.74, 6) is -0.923. The van der Waals surface area contributed by atoms with Crippen LogP contribution in [0.2, 0.25) is 0 Å². The topological polar surface area (TPSA) is 66.6 Å². The Morgan fingerprint density at radius 1 is 1.42 bits per heavy atom. The molecule has 1 amide bonds. The summed E-state index contributed by atoms with van der Waals surface area (Å²) in [5.41, 5.74) is 6.06. The Labute approximate surface area is 109 Å². The summed E-state index contributed by atoms with van der Waals surface area (Å²) in [4.78, 5) is 13.3. The number of aliphatic hydroxyl groups is 1. The van der Waals surface area contributed by atoms with Crippen molar-refractivity contribution in [3.8, 4) is 0 Å². The van der Waals surface area contributed by atoms with Gasteiger partial charge in [-0.3, -0.25) is 4.79 Å². The highest BCUT2D eigenvalue weighted by atomic mass is 19.1. The molecule has 0 spiro atoms. The quantitative estimate of drug-likeness (QED) is 0.852. The maximum absolute atomic E-state index is 13.0. The lowest BCUT2D eigenvalue weighted by Gasteiger charge is -2.24. The van der Waals surface area contributed by atoms with Gasteiger partial charge in [0.05, 0.1) is 6.54 Å². The van der Waals surface area contributed by atoms with Gasteiger partial charge in [-0.1, -0.05) is 12.1 Å². The standard InChI is InChI=1S/C13H16F2N2O2/c14-9-3-1-8(2-4-9)12(18)11(16)13(19)17-6-5-10(15)7-17/h1-4,10-12,18H,5-7,16H2/t10?,11-,12+/m1/s1. The average molecular weight is 270 g/mol. The lowest BCUT2D eigenvalue weighted by atomic mass is 10.0. The molecule has 104 valence electrons. The molecule has 3 atom stereocenters. The van der Waals surface area contributed by atoms with Crippen LogP contribution in [0.5, 0.6) is 0 Å². The highest BCUT2D eigenvalue weighted by Crippen LogP contribution is 2.20.